The zero-order chi connectivity index (χ0) is 19.1. The molecule has 26 heavy (non-hydrogen) atoms. The minimum atomic E-state index is -0.204. The number of carbonyl (C=O) groups is 3. The molecule has 0 spiro atoms. The van der Waals surface area contributed by atoms with Crippen molar-refractivity contribution in [3.05, 3.63) is 54.1 Å². The number of rotatable bonds is 6. The number of aryl methyl sites for hydroxylation is 1. The van der Waals surface area contributed by atoms with Crippen molar-refractivity contribution in [3.8, 4) is 0 Å². The first-order valence-electron chi connectivity index (χ1n) is 8.38. The summed E-state index contributed by atoms with van der Waals surface area (Å²) in [6.07, 6.45) is 0.165. The van der Waals surface area contributed by atoms with Crippen molar-refractivity contribution in [3.63, 3.8) is 0 Å². The Labute approximate surface area is 153 Å². The van der Waals surface area contributed by atoms with E-state index in [1.165, 1.54) is 13.8 Å². The average molecular weight is 353 g/mol. The van der Waals surface area contributed by atoms with Crippen molar-refractivity contribution in [2.45, 2.75) is 27.2 Å². The largest absolute Gasteiger partial charge is 0.326 e. The highest BCUT2D eigenvalue weighted by molar-refractivity contribution is 5.96. The predicted octanol–water partition coefficient (Wildman–Crippen LogP) is 3.34. The highest BCUT2D eigenvalue weighted by atomic mass is 16.2. The second-order valence-corrected chi connectivity index (χ2v) is 6.02. The van der Waals surface area contributed by atoms with Crippen LogP contribution < -0.4 is 15.5 Å². The number of carbonyl (C=O) groups excluding carboxylic acids is 3. The molecule has 6 nitrogen and oxygen atoms in total. The number of nitrogens with zero attached hydrogens (tertiary/aromatic N) is 1. The molecule has 0 aliphatic heterocycles. The third kappa shape index (κ3) is 5.44. The predicted molar refractivity (Wildman–Crippen MR) is 103 cm³/mol. The van der Waals surface area contributed by atoms with Crippen molar-refractivity contribution >= 4 is 34.8 Å². The molecule has 0 bridgehead atoms. The van der Waals surface area contributed by atoms with E-state index in [1.54, 1.807) is 29.2 Å². The van der Waals surface area contributed by atoms with Crippen molar-refractivity contribution < 1.29 is 14.4 Å². The van der Waals surface area contributed by atoms with Gasteiger partial charge >= 0.3 is 0 Å². The molecule has 0 heterocycles. The summed E-state index contributed by atoms with van der Waals surface area (Å²) in [5.41, 5.74) is 2.98. The summed E-state index contributed by atoms with van der Waals surface area (Å²) in [5, 5.41) is 5.46. The van der Waals surface area contributed by atoms with Crippen LogP contribution in [0, 0.1) is 6.92 Å². The summed E-state index contributed by atoms with van der Waals surface area (Å²) in [6.45, 7) is 5.13. The van der Waals surface area contributed by atoms with E-state index in [9.17, 15) is 14.4 Å². The molecule has 2 aromatic rings. The van der Waals surface area contributed by atoms with E-state index >= 15 is 0 Å². The number of hydrogen-bond donors (Lipinski definition) is 2. The van der Waals surface area contributed by atoms with Gasteiger partial charge in [-0.3, -0.25) is 14.4 Å². The van der Waals surface area contributed by atoms with Crippen LogP contribution in [0.1, 0.15) is 25.8 Å². The SMILES string of the molecule is CC(=O)Nc1cccc(NC(=O)CCN(C(C)=O)c2ccccc2C)c1. The van der Waals surface area contributed by atoms with Crippen molar-refractivity contribution in [2.75, 3.05) is 22.1 Å². The molecule has 0 radical (unpaired) electrons. The summed E-state index contributed by atoms with van der Waals surface area (Å²) < 4.78 is 0. The number of amides is 3. The first-order chi connectivity index (χ1) is 12.4. The minimum Gasteiger partial charge on any atom is -0.326 e. The second-order valence-electron chi connectivity index (χ2n) is 6.02. The van der Waals surface area contributed by atoms with Crippen molar-refractivity contribution in [1.82, 2.24) is 0 Å². The number of nitrogens with one attached hydrogen (secondary N) is 2. The van der Waals surface area contributed by atoms with Crippen LogP contribution in [0.4, 0.5) is 17.1 Å². The lowest BCUT2D eigenvalue weighted by molar-refractivity contribution is -0.117. The van der Waals surface area contributed by atoms with E-state index in [0.717, 1.165) is 11.3 Å². The fraction of sp³-hybridized carbons (Fsp3) is 0.250. The number of benzene rings is 2. The van der Waals surface area contributed by atoms with Crippen LogP contribution in [0.3, 0.4) is 0 Å². The molecule has 3 amide bonds. The Hall–Kier alpha value is -3.15. The van der Waals surface area contributed by atoms with Crippen molar-refractivity contribution in [2.24, 2.45) is 0 Å². The topological polar surface area (TPSA) is 78.5 Å². The Morgan fingerprint density at radius 3 is 2.19 bits per heavy atom. The van der Waals surface area contributed by atoms with Gasteiger partial charge in [-0.2, -0.15) is 0 Å². The molecule has 0 fully saturated rings. The van der Waals surface area contributed by atoms with Crippen LogP contribution in [0.5, 0.6) is 0 Å². The summed E-state index contributed by atoms with van der Waals surface area (Å²) in [7, 11) is 0. The monoisotopic (exact) mass is 353 g/mol. The molecule has 0 saturated heterocycles. The number of para-hydroxylation sites is 1. The van der Waals surface area contributed by atoms with E-state index in [2.05, 4.69) is 10.6 Å². The van der Waals surface area contributed by atoms with Crippen LogP contribution in [-0.2, 0) is 14.4 Å². The Balaban J connectivity index is 2.00. The Kier molecular flexibility index (Phi) is 6.49. The molecule has 2 N–H and O–H groups in total. The number of anilines is 3. The van der Waals surface area contributed by atoms with Gasteiger partial charge in [-0.25, -0.2) is 0 Å². The molecule has 0 aromatic heterocycles. The van der Waals surface area contributed by atoms with Gasteiger partial charge in [0.2, 0.25) is 17.7 Å². The van der Waals surface area contributed by atoms with Crippen LogP contribution in [-0.4, -0.2) is 24.3 Å². The van der Waals surface area contributed by atoms with Gasteiger partial charge in [0.15, 0.2) is 0 Å². The van der Waals surface area contributed by atoms with E-state index in [-0.39, 0.29) is 30.7 Å². The number of hydrogen-bond acceptors (Lipinski definition) is 3. The second kappa shape index (κ2) is 8.80. The molecular weight excluding hydrogens is 330 g/mol. The standard InChI is InChI=1S/C20H23N3O3/c1-14-7-4-5-10-19(14)23(16(3)25)12-11-20(26)22-18-9-6-8-17(13-18)21-15(2)24/h4-10,13H,11-12H2,1-3H3,(H,21,24)(H,22,26). The van der Waals surface area contributed by atoms with Crippen LogP contribution in [0.25, 0.3) is 0 Å². The maximum absolute atomic E-state index is 12.3. The molecule has 2 aromatic carbocycles. The summed E-state index contributed by atoms with van der Waals surface area (Å²) >= 11 is 0. The zero-order valence-electron chi connectivity index (χ0n) is 15.2. The lowest BCUT2D eigenvalue weighted by atomic mass is 10.1. The van der Waals surface area contributed by atoms with E-state index < -0.39 is 0 Å². The minimum absolute atomic E-state index is 0.111. The molecule has 0 saturated carbocycles. The maximum atomic E-state index is 12.3. The molecule has 0 aliphatic carbocycles. The van der Waals surface area contributed by atoms with Gasteiger partial charge in [0, 0.05) is 43.9 Å². The van der Waals surface area contributed by atoms with Gasteiger partial charge in [-0.15, -0.1) is 0 Å². The van der Waals surface area contributed by atoms with E-state index in [1.807, 2.05) is 31.2 Å². The van der Waals surface area contributed by atoms with E-state index in [4.69, 9.17) is 0 Å². The van der Waals surface area contributed by atoms with Crippen molar-refractivity contribution in [1.29, 1.82) is 0 Å². The van der Waals surface area contributed by atoms with Crippen LogP contribution >= 0.6 is 0 Å². The zero-order valence-corrected chi connectivity index (χ0v) is 15.2. The van der Waals surface area contributed by atoms with Gasteiger partial charge in [-0.05, 0) is 36.8 Å². The molecule has 0 atom stereocenters. The quantitative estimate of drug-likeness (QED) is 0.836. The average Bonchev–Trinajstić information content (AvgIpc) is 2.56. The van der Waals surface area contributed by atoms with Gasteiger partial charge < -0.3 is 15.5 Å². The first-order valence-corrected chi connectivity index (χ1v) is 8.38. The molecule has 136 valence electrons. The molecule has 0 unspecified atom stereocenters. The highest BCUT2D eigenvalue weighted by Gasteiger charge is 2.15. The van der Waals surface area contributed by atoms with Gasteiger partial charge in [0.05, 0.1) is 0 Å². The first kappa shape index (κ1) is 19.2. The third-order valence-corrected chi connectivity index (χ3v) is 3.82. The fourth-order valence-electron chi connectivity index (χ4n) is 2.63. The van der Waals surface area contributed by atoms with Gasteiger partial charge in [0.1, 0.15) is 0 Å². The molecule has 0 aliphatic rings. The van der Waals surface area contributed by atoms with Crippen LogP contribution in [0.15, 0.2) is 48.5 Å². The Morgan fingerprint density at radius 1 is 0.923 bits per heavy atom. The Bertz CT molecular complexity index is 817. The maximum Gasteiger partial charge on any atom is 0.226 e. The lowest BCUT2D eigenvalue weighted by Crippen LogP contribution is -2.32. The highest BCUT2D eigenvalue weighted by Crippen LogP contribution is 2.20. The summed E-state index contributed by atoms with van der Waals surface area (Å²) in [4.78, 5) is 36.9. The summed E-state index contributed by atoms with van der Waals surface area (Å²) in [6, 6.07) is 14.5. The smallest absolute Gasteiger partial charge is 0.226 e. The normalized spacial score (nSPS) is 10.1. The molecular formula is C20H23N3O3. The summed E-state index contributed by atoms with van der Waals surface area (Å²) in [5.74, 6) is -0.492. The Morgan fingerprint density at radius 2 is 1.58 bits per heavy atom. The molecule has 6 heteroatoms. The van der Waals surface area contributed by atoms with Gasteiger partial charge in [0.25, 0.3) is 0 Å². The van der Waals surface area contributed by atoms with Crippen LogP contribution in [0.2, 0.25) is 0 Å². The molecule has 2 rings (SSSR count). The fourth-order valence-corrected chi connectivity index (χ4v) is 2.63. The van der Waals surface area contributed by atoms with E-state index in [0.29, 0.717) is 11.4 Å². The van der Waals surface area contributed by atoms with Gasteiger partial charge in [-0.1, -0.05) is 24.3 Å². The third-order valence-electron chi connectivity index (χ3n) is 3.82. The lowest BCUT2D eigenvalue weighted by Gasteiger charge is -2.22.